The molecule has 1 nitrogen and oxygen atoms in total. The number of para-hydroxylation sites is 1. The van der Waals surface area contributed by atoms with E-state index in [0.717, 1.165) is 16.8 Å². The molecule has 0 aliphatic heterocycles. The van der Waals surface area contributed by atoms with Crippen LogP contribution in [-0.4, -0.2) is 8.80 Å². The quantitative estimate of drug-likeness (QED) is 0.712. The summed E-state index contributed by atoms with van der Waals surface area (Å²) in [4.78, 5) is 0. The van der Waals surface area contributed by atoms with E-state index in [-0.39, 0.29) is 0 Å². The lowest BCUT2D eigenvalue weighted by atomic mass is 10.2. The van der Waals surface area contributed by atoms with Crippen molar-refractivity contribution in [3.63, 3.8) is 0 Å². The van der Waals surface area contributed by atoms with Crippen LogP contribution in [0.4, 0.5) is 0 Å². The monoisotopic (exact) mass is 298 g/mol. The van der Waals surface area contributed by atoms with Gasteiger partial charge < -0.3 is 4.74 Å². The van der Waals surface area contributed by atoms with Gasteiger partial charge in [0.2, 0.25) is 0 Å². The lowest BCUT2D eigenvalue weighted by molar-refractivity contribution is 0.308. The maximum absolute atomic E-state index is 6.14. The van der Waals surface area contributed by atoms with Crippen LogP contribution in [0.15, 0.2) is 54.6 Å². The van der Waals surface area contributed by atoms with Gasteiger partial charge in [-0.2, -0.15) is 0 Å². The number of rotatable bonds is 6. The molecule has 2 aromatic rings. The maximum atomic E-state index is 6.14. The first kappa shape index (κ1) is 15.8. The molecule has 0 amide bonds. The average Bonchev–Trinajstić information content (AvgIpc) is 2.47. The van der Waals surface area contributed by atoms with Gasteiger partial charge >= 0.3 is 0 Å². The standard InChI is InChI=1S/C19H26OSi/c1-15(2)21(16(3)4)19-13-9-8-12-18(19)20-14-17-10-6-5-7-11-17/h5-13,15-16,21H,14H2,1-4H3. The summed E-state index contributed by atoms with van der Waals surface area (Å²) in [5.74, 6) is 1.08. The van der Waals surface area contributed by atoms with E-state index in [1.165, 1.54) is 10.8 Å². The van der Waals surface area contributed by atoms with Gasteiger partial charge in [0.05, 0.1) is 8.80 Å². The molecule has 0 N–H and O–H groups in total. The van der Waals surface area contributed by atoms with Gasteiger partial charge in [0.15, 0.2) is 0 Å². The Morgan fingerprint density at radius 3 is 2.00 bits per heavy atom. The van der Waals surface area contributed by atoms with E-state index in [1.54, 1.807) is 0 Å². The predicted molar refractivity (Wildman–Crippen MR) is 94.2 cm³/mol. The lowest BCUT2D eigenvalue weighted by Crippen LogP contribution is -2.36. The Hall–Kier alpha value is -1.54. The van der Waals surface area contributed by atoms with Crippen molar-refractivity contribution in [2.45, 2.75) is 45.4 Å². The molecule has 0 bridgehead atoms. The van der Waals surface area contributed by atoms with Crippen molar-refractivity contribution in [2.75, 3.05) is 0 Å². The molecule has 0 unspecified atom stereocenters. The molecule has 0 atom stereocenters. The molecule has 0 fully saturated rings. The smallest absolute Gasteiger partial charge is 0.118 e. The highest BCUT2D eigenvalue weighted by molar-refractivity contribution is 6.76. The molecule has 112 valence electrons. The third-order valence-electron chi connectivity index (χ3n) is 3.95. The summed E-state index contributed by atoms with van der Waals surface area (Å²) >= 11 is 0. The normalized spacial score (nSPS) is 11.4. The van der Waals surface area contributed by atoms with Crippen LogP contribution in [0.2, 0.25) is 11.1 Å². The Bertz CT molecular complexity index is 541. The van der Waals surface area contributed by atoms with Gasteiger partial charge in [0, 0.05) is 0 Å². The molecule has 0 aliphatic rings. The van der Waals surface area contributed by atoms with E-state index >= 15 is 0 Å². The summed E-state index contributed by atoms with van der Waals surface area (Å²) in [5, 5.41) is 1.47. The van der Waals surface area contributed by atoms with Crippen LogP contribution in [0.5, 0.6) is 5.75 Å². The van der Waals surface area contributed by atoms with E-state index in [0.29, 0.717) is 6.61 Å². The van der Waals surface area contributed by atoms with Crippen LogP contribution in [0, 0.1) is 0 Å². The number of hydrogen-bond acceptors (Lipinski definition) is 1. The van der Waals surface area contributed by atoms with Crippen LogP contribution in [-0.2, 0) is 6.61 Å². The van der Waals surface area contributed by atoms with Gasteiger partial charge in [-0.3, -0.25) is 0 Å². The minimum atomic E-state index is -1.03. The minimum Gasteiger partial charge on any atom is -0.489 e. The Kier molecular flexibility index (Phi) is 5.63. The molecule has 0 saturated carbocycles. The van der Waals surface area contributed by atoms with Gasteiger partial charge in [-0.1, -0.05) is 76.2 Å². The third kappa shape index (κ3) is 4.21. The fraction of sp³-hybridized carbons (Fsp3) is 0.368. The Labute approximate surface area is 130 Å². The van der Waals surface area contributed by atoms with E-state index in [2.05, 4.69) is 76.2 Å². The fourth-order valence-corrected chi connectivity index (χ4v) is 6.93. The second-order valence-corrected chi connectivity index (χ2v) is 10.7. The van der Waals surface area contributed by atoms with Crippen molar-refractivity contribution in [1.82, 2.24) is 0 Å². The first-order valence-corrected chi connectivity index (χ1v) is 9.76. The second-order valence-electron chi connectivity index (χ2n) is 6.33. The largest absolute Gasteiger partial charge is 0.489 e. The molecular formula is C19H26OSi. The highest BCUT2D eigenvalue weighted by atomic mass is 28.3. The zero-order valence-corrected chi connectivity index (χ0v) is 14.7. The van der Waals surface area contributed by atoms with E-state index in [4.69, 9.17) is 4.74 Å². The molecule has 0 heterocycles. The Morgan fingerprint density at radius 1 is 0.810 bits per heavy atom. The zero-order chi connectivity index (χ0) is 15.2. The average molecular weight is 299 g/mol. The van der Waals surface area contributed by atoms with Crippen LogP contribution in [0.25, 0.3) is 0 Å². The molecule has 0 aliphatic carbocycles. The SMILES string of the molecule is CC(C)[SiH](c1ccccc1OCc1ccccc1)C(C)C. The van der Waals surface area contributed by atoms with Crippen molar-refractivity contribution in [3.05, 3.63) is 60.2 Å². The fourth-order valence-electron chi connectivity index (χ4n) is 3.11. The third-order valence-corrected chi connectivity index (χ3v) is 8.02. The van der Waals surface area contributed by atoms with E-state index < -0.39 is 8.80 Å². The minimum absolute atomic E-state index is 0.648. The molecule has 0 aromatic heterocycles. The number of benzene rings is 2. The Morgan fingerprint density at radius 2 is 1.38 bits per heavy atom. The highest BCUT2D eigenvalue weighted by Crippen LogP contribution is 2.24. The van der Waals surface area contributed by atoms with E-state index in [9.17, 15) is 0 Å². The van der Waals surface area contributed by atoms with Crippen LogP contribution >= 0.6 is 0 Å². The lowest BCUT2D eigenvalue weighted by Gasteiger charge is -2.25. The summed E-state index contributed by atoms with van der Waals surface area (Å²) in [6.45, 7) is 10.1. The molecular weight excluding hydrogens is 272 g/mol. The van der Waals surface area contributed by atoms with Gasteiger partial charge in [0.25, 0.3) is 0 Å². The zero-order valence-electron chi connectivity index (χ0n) is 13.5. The van der Waals surface area contributed by atoms with Crippen LogP contribution in [0.1, 0.15) is 33.3 Å². The van der Waals surface area contributed by atoms with Crippen molar-refractivity contribution in [2.24, 2.45) is 0 Å². The molecule has 2 rings (SSSR count). The highest BCUT2D eigenvalue weighted by Gasteiger charge is 2.24. The van der Waals surface area contributed by atoms with Gasteiger partial charge in [0.1, 0.15) is 12.4 Å². The topological polar surface area (TPSA) is 9.23 Å². The summed E-state index contributed by atoms with van der Waals surface area (Å²) in [6.07, 6.45) is 0. The number of ether oxygens (including phenoxy) is 1. The second kappa shape index (κ2) is 7.46. The van der Waals surface area contributed by atoms with Crippen molar-refractivity contribution >= 4 is 14.0 Å². The summed E-state index contributed by atoms with van der Waals surface area (Å²) in [6, 6.07) is 19.0. The van der Waals surface area contributed by atoms with Gasteiger partial charge in [-0.05, 0) is 27.9 Å². The molecule has 0 spiro atoms. The maximum Gasteiger partial charge on any atom is 0.118 e. The first-order chi connectivity index (χ1) is 10.1. The Balaban J connectivity index is 2.20. The molecule has 21 heavy (non-hydrogen) atoms. The van der Waals surface area contributed by atoms with Gasteiger partial charge in [-0.15, -0.1) is 0 Å². The van der Waals surface area contributed by atoms with Crippen LogP contribution in [0.3, 0.4) is 0 Å². The summed E-state index contributed by atoms with van der Waals surface area (Å²) in [7, 11) is -1.03. The first-order valence-electron chi connectivity index (χ1n) is 7.85. The summed E-state index contributed by atoms with van der Waals surface area (Å²) in [5.41, 5.74) is 2.71. The predicted octanol–water partition coefficient (Wildman–Crippen LogP) is 4.52. The van der Waals surface area contributed by atoms with E-state index in [1.807, 2.05) is 6.07 Å². The molecule has 0 saturated heterocycles. The molecule has 2 heteroatoms. The van der Waals surface area contributed by atoms with Crippen molar-refractivity contribution < 1.29 is 4.74 Å². The summed E-state index contributed by atoms with van der Waals surface area (Å²) < 4.78 is 6.14. The molecule has 0 radical (unpaired) electrons. The van der Waals surface area contributed by atoms with Crippen molar-refractivity contribution in [3.8, 4) is 5.75 Å². The van der Waals surface area contributed by atoms with Crippen LogP contribution < -0.4 is 9.92 Å². The number of hydrogen-bond donors (Lipinski definition) is 0. The molecule has 2 aromatic carbocycles. The van der Waals surface area contributed by atoms with Gasteiger partial charge in [-0.25, -0.2) is 0 Å². The van der Waals surface area contributed by atoms with Crippen molar-refractivity contribution in [1.29, 1.82) is 0 Å².